The Labute approximate surface area is 149 Å². The summed E-state index contributed by atoms with van der Waals surface area (Å²) >= 11 is 0. The van der Waals surface area contributed by atoms with Crippen molar-refractivity contribution in [1.82, 2.24) is 10.2 Å². The summed E-state index contributed by atoms with van der Waals surface area (Å²) in [5.41, 5.74) is 4.89. The maximum Gasteiger partial charge on any atom is 0.224 e. The van der Waals surface area contributed by atoms with E-state index in [2.05, 4.69) is 11.4 Å². The van der Waals surface area contributed by atoms with E-state index in [1.54, 1.807) is 4.90 Å². The van der Waals surface area contributed by atoms with Gasteiger partial charge in [0.05, 0.1) is 6.07 Å². The molecule has 1 fully saturated rings. The second-order valence-corrected chi connectivity index (χ2v) is 7.52. The van der Waals surface area contributed by atoms with Crippen LogP contribution >= 0.6 is 0 Å². The smallest absolute Gasteiger partial charge is 0.224 e. The van der Waals surface area contributed by atoms with Crippen LogP contribution < -0.4 is 11.1 Å². The molecule has 0 spiro atoms. The molecule has 0 saturated carbocycles. The first kappa shape index (κ1) is 18.9. The summed E-state index contributed by atoms with van der Waals surface area (Å²) in [4.78, 5) is 26.0. The quantitative estimate of drug-likeness (QED) is 0.785. The SMILES string of the molecule is CC(C)(CC(N)=O)CC(=O)N(Cc1ccccc1)C1(C#N)CCNC1. The molecule has 0 bridgehead atoms. The molecule has 2 rings (SSSR count). The summed E-state index contributed by atoms with van der Waals surface area (Å²) in [5.74, 6) is -0.551. The van der Waals surface area contributed by atoms with Crippen LogP contribution in [0.25, 0.3) is 0 Å². The molecule has 1 aromatic carbocycles. The maximum atomic E-state index is 13.1. The van der Waals surface area contributed by atoms with E-state index in [1.165, 1.54) is 0 Å². The van der Waals surface area contributed by atoms with E-state index in [1.807, 2.05) is 44.2 Å². The third-order valence-corrected chi connectivity index (χ3v) is 4.62. The number of nitrogens with one attached hydrogen (secondary N) is 1. The molecule has 1 aliphatic heterocycles. The number of rotatable bonds is 7. The summed E-state index contributed by atoms with van der Waals surface area (Å²) in [7, 11) is 0. The highest BCUT2D eigenvalue weighted by molar-refractivity contribution is 5.80. The molecule has 0 radical (unpaired) electrons. The standard InChI is InChI=1S/C19H26N4O2/c1-18(2,10-16(21)24)11-17(25)23(12-15-6-4-3-5-7-15)19(13-20)8-9-22-14-19/h3-7,22H,8-12,14H2,1-2H3,(H2,21,24). The molecule has 1 atom stereocenters. The molecular weight excluding hydrogens is 316 g/mol. The number of nitrogens with two attached hydrogens (primary N) is 1. The molecule has 0 aromatic heterocycles. The van der Waals surface area contributed by atoms with Crippen molar-refractivity contribution in [3.05, 3.63) is 35.9 Å². The van der Waals surface area contributed by atoms with E-state index in [0.717, 1.165) is 5.56 Å². The van der Waals surface area contributed by atoms with Crippen molar-refractivity contribution < 1.29 is 9.59 Å². The Morgan fingerprint density at radius 2 is 2.00 bits per heavy atom. The maximum absolute atomic E-state index is 13.1. The van der Waals surface area contributed by atoms with E-state index >= 15 is 0 Å². The zero-order valence-corrected chi connectivity index (χ0v) is 14.9. The van der Waals surface area contributed by atoms with Crippen LogP contribution in [0.3, 0.4) is 0 Å². The lowest BCUT2D eigenvalue weighted by molar-refractivity contribution is -0.138. The number of primary amides is 1. The average molecular weight is 342 g/mol. The second-order valence-electron chi connectivity index (χ2n) is 7.52. The molecule has 1 aromatic rings. The van der Waals surface area contributed by atoms with E-state index in [-0.39, 0.29) is 18.7 Å². The van der Waals surface area contributed by atoms with Gasteiger partial charge in [0.25, 0.3) is 0 Å². The minimum Gasteiger partial charge on any atom is -0.370 e. The van der Waals surface area contributed by atoms with Crippen LogP contribution in [0.1, 0.15) is 38.7 Å². The van der Waals surface area contributed by atoms with Gasteiger partial charge in [0.2, 0.25) is 11.8 Å². The Morgan fingerprint density at radius 1 is 1.32 bits per heavy atom. The first-order valence-electron chi connectivity index (χ1n) is 8.53. The van der Waals surface area contributed by atoms with Crippen molar-refractivity contribution in [2.45, 2.75) is 45.2 Å². The first-order chi connectivity index (χ1) is 11.8. The number of carbonyl (C=O) groups is 2. The van der Waals surface area contributed by atoms with Crippen molar-refractivity contribution in [3.8, 4) is 6.07 Å². The molecule has 6 heteroatoms. The van der Waals surface area contributed by atoms with E-state index < -0.39 is 16.9 Å². The number of amides is 2. The van der Waals surface area contributed by atoms with Gasteiger partial charge in [-0.15, -0.1) is 0 Å². The number of carbonyl (C=O) groups excluding carboxylic acids is 2. The van der Waals surface area contributed by atoms with Crippen LogP contribution in [-0.2, 0) is 16.1 Å². The van der Waals surface area contributed by atoms with E-state index in [9.17, 15) is 14.9 Å². The number of nitriles is 1. The summed E-state index contributed by atoms with van der Waals surface area (Å²) < 4.78 is 0. The van der Waals surface area contributed by atoms with Gasteiger partial charge in [-0.1, -0.05) is 44.2 Å². The lowest BCUT2D eigenvalue weighted by Gasteiger charge is -2.37. The van der Waals surface area contributed by atoms with Crippen molar-refractivity contribution in [3.63, 3.8) is 0 Å². The largest absolute Gasteiger partial charge is 0.370 e. The minimum atomic E-state index is -0.851. The average Bonchev–Trinajstić information content (AvgIpc) is 3.01. The minimum absolute atomic E-state index is 0.125. The highest BCUT2D eigenvalue weighted by Crippen LogP contribution is 2.31. The summed E-state index contributed by atoms with van der Waals surface area (Å²) in [6.07, 6.45) is 0.903. The molecule has 1 saturated heterocycles. The Balaban J connectivity index is 2.26. The van der Waals surface area contributed by atoms with Crippen molar-refractivity contribution in [2.75, 3.05) is 13.1 Å². The molecule has 0 aliphatic carbocycles. The highest BCUT2D eigenvalue weighted by atomic mass is 16.2. The molecule has 1 unspecified atom stereocenters. The van der Waals surface area contributed by atoms with Crippen LogP contribution in [0, 0.1) is 16.7 Å². The van der Waals surface area contributed by atoms with Gasteiger partial charge in [0.1, 0.15) is 5.54 Å². The van der Waals surface area contributed by atoms with Gasteiger partial charge < -0.3 is 16.0 Å². The van der Waals surface area contributed by atoms with Gasteiger partial charge in [-0.05, 0) is 23.9 Å². The fourth-order valence-corrected chi connectivity index (χ4v) is 3.35. The number of benzene rings is 1. The van der Waals surface area contributed by atoms with Gasteiger partial charge in [-0.3, -0.25) is 9.59 Å². The Hall–Kier alpha value is -2.39. The second kappa shape index (κ2) is 7.66. The monoisotopic (exact) mass is 342 g/mol. The molecule has 3 N–H and O–H groups in total. The van der Waals surface area contributed by atoms with E-state index in [0.29, 0.717) is 26.1 Å². The molecule has 134 valence electrons. The molecule has 25 heavy (non-hydrogen) atoms. The van der Waals surface area contributed by atoms with Gasteiger partial charge in [-0.2, -0.15) is 5.26 Å². The Bertz CT molecular complexity index is 658. The third-order valence-electron chi connectivity index (χ3n) is 4.62. The van der Waals surface area contributed by atoms with Gasteiger partial charge in [0, 0.05) is 25.9 Å². The van der Waals surface area contributed by atoms with Gasteiger partial charge >= 0.3 is 0 Å². The highest BCUT2D eigenvalue weighted by Gasteiger charge is 2.43. The fraction of sp³-hybridized carbons (Fsp3) is 0.526. The summed E-state index contributed by atoms with van der Waals surface area (Å²) in [6.45, 7) is 5.24. The zero-order chi connectivity index (χ0) is 18.5. The van der Waals surface area contributed by atoms with Crippen LogP contribution in [0.5, 0.6) is 0 Å². The van der Waals surface area contributed by atoms with E-state index in [4.69, 9.17) is 5.73 Å². The van der Waals surface area contributed by atoms with Crippen LogP contribution in [0.4, 0.5) is 0 Å². The predicted molar refractivity (Wildman–Crippen MR) is 95.0 cm³/mol. The molecular formula is C19H26N4O2. The van der Waals surface area contributed by atoms with Crippen LogP contribution in [0.15, 0.2) is 30.3 Å². The topological polar surface area (TPSA) is 99.2 Å². The fourth-order valence-electron chi connectivity index (χ4n) is 3.35. The first-order valence-corrected chi connectivity index (χ1v) is 8.53. The number of hydrogen-bond donors (Lipinski definition) is 2. The lowest BCUT2D eigenvalue weighted by atomic mass is 9.84. The summed E-state index contributed by atoms with van der Waals surface area (Å²) in [5, 5.41) is 13.0. The van der Waals surface area contributed by atoms with Crippen LogP contribution in [0.2, 0.25) is 0 Å². The Morgan fingerprint density at radius 3 is 2.52 bits per heavy atom. The van der Waals surface area contributed by atoms with Crippen molar-refractivity contribution >= 4 is 11.8 Å². The predicted octanol–water partition coefficient (Wildman–Crippen LogP) is 1.56. The van der Waals surface area contributed by atoms with Crippen LogP contribution in [-0.4, -0.2) is 35.3 Å². The number of nitrogens with zero attached hydrogens (tertiary/aromatic N) is 2. The number of hydrogen-bond acceptors (Lipinski definition) is 4. The normalized spacial score (nSPS) is 20.0. The van der Waals surface area contributed by atoms with Gasteiger partial charge in [0.15, 0.2) is 0 Å². The molecule has 2 amide bonds. The third kappa shape index (κ3) is 4.80. The van der Waals surface area contributed by atoms with Crippen molar-refractivity contribution in [1.29, 1.82) is 5.26 Å². The molecule has 6 nitrogen and oxygen atoms in total. The zero-order valence-electron chi connectivity index (χ0n) is 14.9. The molecule has 1 aliphatic rings. The van der Waals surface area contributed by atoms with Gasteiger partial charge in [-0.25, -0.2) is 0 Å². The van der Waals surface area contributed by atoms with Crippen molar-refractivity contribution in [2.24, 2.45) is 11.1 Å². The molecule has 1 heterocycles. The Kier molecular flexibility index (Phi) is 5.81. The lowest BCUT2D eigenvalue weighted by Crippen LogP contribution is -2.52. The summed E-state index contributed by atoms with van der Waals surface area (Å²) in [6, 6.07) is 12.0.